The van der Waals surface area contributed by atoms with Crippen LogP contribution in [0.5, 0.6) is 0 Å². The van der Waals surface area contributed by atoms with Gasteiger partial charge in [-0.05, 0) is 30.7 Å². The van der Waals surface area contributed by atoms with Crippen molar-refractivity contribution in [2.45, 2.75) is 75.6 Å². The zero-order valence-electron chi connectivity index (χ0n) is 22.2. The lowest BCUT2D eigenvalue weighted by Gasteiger charge is -2.34. The van der Waals surface area contributed by atoms with E-state index in [2.05, 4.69) is 16.0 Å². The number of nitrogens with one attached hydrogen (secondary N) is 4. The van der Waals surface area contributed by atoms with Crippen molar-refractivity contribution in [3.63, 3.8) is 0 Å². The quantitative estimate of drug-likeness (QED) is 0.138. The number of likely N-dealkylation sites (tertiary alicyclic amines) is 1. The van der Waals surface area contributed by atoms with Crippen LogP contribution in [0.25, 0.3) is 0 Å². The Morgan fingerprint density at radius 1 is 1.08 bits per heavy atom. The Morgan fingerprint density at radius 3 is 2.34 bits per heavy atom. The number of hydrogen-bond donors (Lipinski definition) is 6. The molecule has 0 bridgehead atoms. The fourth-order valence-corrected chi connectivity index (χ4v) is 5.26. The van der Waals surface area contributed by atoms with Gasteiger partial charge in [0.2, 0.25) is 11.8 Å². The molecule has 1 aliphatic heterocycles. The molecule has 1 heterocycles. The van der Waals surface area contributed by atoms with Crippen molar-refractivity contribution in [3.8, 4) is 0 Å². The minimum absolute atomic E-state index is 0.00267. The van der Waals surface area contributed by atoms with E-state index in [0.29, 0.717) is 43.8 Å². The van der Waals surface area contributed by atoms with Gasteiger partial charge in [-0.15, -0.1) is 0 Å². The van der Waals surface area contributed by atoms with Crippen LogP contribution in [0, 0.1) is 11.3 Å². The number of nitrogens with zero attached hydrogens (tertiary/aromatic N) is 1. The van der Waals surface area contributed by atoms with Crippen LogP contribution in [0.4, 0.5) is 0 Å². The van der Waals surface area contributed by atoms with Crippen molar-refractivity contribution < 1.29 is 24.2 Å². The second kappa shape index (κ2) is 14.7. The van der Waals surface area contributed by atoms with Gasteiger partial charge in [0.05, 0.1) is 19.7 Å². The zero-order valence-corrected chi connectivity index (χ0v) is 22.2. The van der Waals surface area contributed by atoms with Crippen molar-refractivity contribution in [1.29, 1.82) is 5.41 Å². The van der Waals surface area contributed by atoms with E-state index in [1.807, 2.05) is 6.07 Å². The van der Waals surface area contributed by atoms with Crippen molar-refractivity contribution >= 4 is 23.7 Å². The highest BCUT2D eigenvalue weighted by atomic mass is 16.5. The number of aliphatic hydroxyl groups excluding tert-OH is 1. The highest BCUT2D eigenvalue weighted by Crippen LogP contribution is 2.27. The van der Waals surface area contributed by atoms with E-state index >= 15 is 0 Å². The molecule has 1 aliphatic carbocycles. The number of nitrogens with two attached hydrogens (primary N) is 1. The summed E-state index contributed by atoms with van der Waals surface area (Å²) >= 11 is 0. The van der Waals surface area contributed by atoms with Crippen LogP contribution in [0.15, 0.2) is 30.3 Å². The second-order valence-electron chi connectivity index (χ2n) is 10.2. The van der Waals surface area contributed by atoms with Gasteiger partial charge in [0.15, 0.2) is 5.96 Å². The largest absolute Gasteiger partial charge is 0.468 e. The Kier molecular flexibility index (Phi) is 11.3. The minimum Gasteiger partial charge on any atom is -0.468 e. The number of guanidine groups is 1. The molecule has 0 aromatic heterocycles. The molecule has 11 nitrogen and oxygen atoms in total. The molecule has 2 fully saturated rings. The summed E-state index contributed by atoms with van der Waals surface area (Å²) in [5.41, 5.74) is 6.08. The number of amides is 2. The molecule has 210 valence electrons. The van der Waals surface area contributed by atoms with Crippen LogP contribution in [0.3, 0.4) is 0 Å². The van der Waals surface area contributed by atoms with Crippen molar-refractivity contribution in [1.82, 2.24) is 20.9 Å². The average Bonchev–Trinajstić information content (AvgIpc) is 2.94. The van der Waals surface area contributed by atoms with Crippen LogP contribution in [0.1, 0.15) is 63.0 Å². The Morgan fingerprint density at radius 2 is 1.74 bits per heavy atom. The van der Waals surface area contributed by atoms with E-state index in [1.165, 1.54) is 13.5 Å². The van der Waals surface area contributed by atoms with Crippen LogP contribution in [0.2, 0.25) is 0 Å². The number of ether oxygens (including phenoxy) is 1. The number of rotatable bonds is 11. The van der Waals surface area contributed by atoms with Gasteiger partial charge >= 0.3 is 5.97 Å². The predicted octanol–water partition coefficient (Wildman–Crippen LogP) is 0.780. The van der Waals surface area contributed by atoms with E-state index in [4.69, 9.17) is 15.9 Å². The number of methoxy groups -OCH3 is 1. The van der Waals surface area contributed by atoms with E-state index < -0.39 is 36.0 Å². The number of aliphatic hydroxyl groups is 1. The average molecular weight is 531 g/mol. The monoisotopic (exact) mass is 530 g/mol. The molecule has 11 heteroatoms. The Balaban J connectivity index is 1.73. The van der Waals surface area contributed by atoms with Crippen LogP contribution in [-0.2, 0) is 19.1 Å². The fraction of sp³-hybridized carbons (Fsp3) is 0.630. The molecule has 38 heavy (non-hydrogen) atoms. The van der Waals surface area contributed by atoms with Crippen molar-refractivity contribution in [2.24, 2.45) is 11.7 Å². The number of carbonyl (C=O) groups excluding carboxylic acids is 3. The molecule has 1 aromatic rings. The van der Waals surface area contributed by atoms with E-state index in [1.54, 1.807) is 29.2 Å². The fourth-order valence-electron chi connectivity index (χ4n) is 5.26. The molecule has 2 unspecified atom stereocenters. The molecule has 1 aromatic carbocycles. The summed E-state index contributed by atoms with van der Waals surface area (Å²) in [5, 5.41) is 27.5. The molecular formula is C27H42N6O5. The predicted molar refractivity (Wildman–Crippen MR) is 143 cm³/mol. The maximum atomic E-state index is 13.5. The lowest BCUT2D eigenvalue weighted by atomic mass is 9.84. The first-order valence-corrected chi connectivity index (χ1v) is 13.5. The normalized spacial score (nSPS) is 19.2. The molecule has 3 atom stereocenters. The first-order chi connectivity index (χ1) is 18.3. The lowest BCUT2D eigenvalue weighted by molar-refractivity contribution is -0.140. The van der Waals surface area contributed by atoms with E-state index in [-0.39, 0.29) is 18.5 Å². The van der Waals surface area contributed by atoms with Gasteiger partial charge in [0.25, 0.3) is 0 Å². The van der Waals surface area contributed by atoms with Gasteiger partial charge in [-0.25, -0.2) is 0 Å². The number of carbonyl (C=O) groups is 3. The van der Waals surface area contributed by atoms with Crippen molar-refractivity contribution in [2.75, 3.05) is 26.7 Å². The van der Waals surface area contributed by atoms with Gasteiger partial charge in [-0.1, -0.05) is 62.4 Å². The molecular weight excluding hydrogens is 488 g/mol. The first kappa shape index (κ1) is 29.4. The third-order valence-corrected chi connectivity index (χ3v) is 7.55. The first-order valence-electron chi connectivity index (χ1n) is 13.5. The maximum absolute atomic E-state index is 13.5. The van der Waals surface area contributed by atoms with Gasteiger partial charge in [-0.2, -0.15) is 0 Å². The van der Waals surface area contributed by atoms with Gasteiger partial charge in [0, 0.05) is 19.1 Å². The summed E-state index contributed by atoms with van der Waals surface area (Å²) in [7, 11) is 1.29. The Hall–Kier alpha value is -3.18. The van der Waals surface area contributed by atoms with Crippen LogP contribution < -0.4 is 21.7 Å². The molecule has 3 rings (SSSR count). The summed E-state index contributed by atoms with van der Waals surface area (Å²) in [5.74, 6) is -1.08. The van der Waals surface area contributed by atoms with Gasteiger partial charge in [0.1, 0.15) is 12.1 Å². The maximum Gasteiger partial charge on any atom is 0.319 e. The Bertz CT molecular complexity index is 931. The van der Waals surface area contributed by atoms with Crippen molar-refractivity contribution in [3.05, 3.63) is 35.9 Å². The highest BCUT2D eigenvalue weighted by Gasteiger charge is 2.34. The molecule has 7 N–H and O–H groups in total. The summed E-state index contributed by atoms with van der Waals surface area (Å²) in [6, 6.07) is 6.63. The molecule has 1 saturated heterocycles. The summed E-state index contributed by atoms with van der Waals surface area (Å²) < 4.78 is 4.73. The summed E-state index contributed by atoms with van der Waals surface area (Å²) in [6.45, 7) is 0.951. The third kappa shape index (κ3) is 8.70. The summed E-state index contributed by atoms with van der Waals surface area (Å²) in [6.07, 6.45) is 5.87. The minimum atomic E-state index is -1.27. The van der Waals surface area contributed by atoms with Crippen LogP contribution >= 0.6 is 0 Å². The summed E-state index contributed by atoms with van der Waals surface area (Å²) in [4.78, 5) is 40.5. The molecule has 0 radical (unpaired) electrons. The Labute approximate surface area is 224 Å². The van der Waals surface area contributed by atoms with E-state index in [9.17, 15) is 19.5 Å². The highest BCUT2D eigenvalue weighted by molar-refractivity contribution is 5.90. The standard InChI is InChI=1S/C27H42N6O5/c1-38-22(34)17-30-21(16-18-8-4-2-5-9-18)25(36)32-23(24(35)19-10-6-3-7-11-19)26(37)31-20-12-14-33(15-13-20)27(28)29/h3,6-7,10-11,18,20-21,23-24,30,35H,2,4-5,8-9,12-17H2,1H3,(H3,28,29)(H,31,37)(H,32,36)/t21?,23-,24?/m0/s1. The molecule has 2 amide bonds. The third-order valence-electron chi connectivity index (χ3n) is 7.55. The number of piperidine rings is 1. The smallest absolute Gasteiger partial charge is 0.319 e. The molecule has 2 aliphatic rings. The topological polar surface area (TPSA) is 170 Å². The zero-order chi connectivity index (χ0) is 27.5. The van der Waals surface area contributed by atoms with E-state index in [0.717, 1.165) is 25.7 Å². The number of benzene rings is 1. The van der Waals surface area contributed by atoms with Crippen LogP contribution in [-0.4, -0.2) is 78.6 Å². The lowest BCUT2D eigenvalue weighted by Crippen LogP contribution is -2.58. The number of hydrogen-bond acceptors (Lipinski definition) is 7. The molecule has 1 saturated carbocycles. The number of esters is 1. The second-order valence-corrected chi connectivity index (χ2v) is 10.2. The molecule has 0 spiro atoms. The van der Waals surface area contributed by atoms with Gasteiger partial charge in [-0.3, -0.25) is 25.1 Å². The SMILES string of the molecule is COC(=O)CNC(CC1CCCCC1)C(=O)N[C@H](C(=O)NC1CCN(C(=N)N)CC1)C(O)c1ccccc1. The van der Waals surface area contributed by atoms with Gasteiger partial charge < -0.3 is 31.1 Å².